The molecule has 0 radical (unpaired) electrons. The third kappa shape index (κ3) is 4.87. The SMILES string of the molecule is COc1cc(N)c(Cl)cc1C(=O)NC1CCN(C(c2ccccc2)(c2ccccc2)c2ccccc2)CC1. The van der Waals surface area contributed by atoms with Crippen LogP contribution < -0.4 is 15.8 Å². The van der Waals surface area contributed by atoms with Gasteiger partial charge in [0.2, 0.25) is 0 Å². The number of nitrogens with one attached hydrogen (secondary N) is 1. The first-order valence-electron chi connectivity index (χ1n) is 12.9. The maximum absolute atomic E-state index is 13.2. The van der Waals surface area contributed by atoms with Gasteiger partial charge in [-0.2, -0.15) is 0 Å². The summed E-state index contributed by atoms with van der Waals surface area (Å²) in [6, 6.07) is 35.3. The van der Waals surface area contributed by atoms with E-state index in [0.717, 1.165) is 25.9 Å². The molecule has 0 aromatic heterocycles. The summed E-state index contributed by atoms with van der Waals surface area (Å²) in [5, 5.41) is 3.54. The third-order valence-electron chi connectivity index (χ3n) is 7.44. The topological polar surface area (TPSA) is 67.6 Å². The Balaban J connectivity index is 1.45. The molecule has 4 aromatic carbocycles. The molecule has 1 aliphatic rings. The van der Waals surface area contributed by atoms with Crippen LogP contribution in [0.1, 0.15) is 39.9 Å². The number of benzene rings is 4. The standard InChI is InChI=1S/C32H32ClN3O2/c1-38-30-22-29(34)28(33)21-27(30)31(37)35-26-17-19-36(20-18-26)32(23-11-5-2-6-12-23,24-13-7-3-8-14-24)25-15-9-4-10-16-25/h2-16,21-22,26H,17-20,34H2,1H3,(H,35,37). The Morgan fingerprint density at radius 2 is 1.34 bits per heavy atom. The monoisotopic (exact) mass is 525 g/mol. The molecular formula is C32H32ClN3O2. The second kappa shape index (κ2) is 11.3. The minimum absolute atomic E-state index is 0.0276. The number of carbonyl (C=O) groups excluding carboxylic acids is 1. The average Bonchev–Trinajstić information content (AvgIpc) is 2.97. The zero-order valence-electron chi connectivity index (χ0n) is 21.4. The van der Waals surface area contributed by atoms with E-state index in [1.165, 1.54) is 23.8 Å². The van der Waals surface area contributed by atoms with Crippen molar-refractivity contribution in [1.82, 2.24) is 10.2 Å². The van der Waals surface area contributed by atoms with Gasteiger partial charge >= 0.3 is 0 Å². The van der Waals surface area contributed by atoms with Crippen molar-refractivity contribution in [1.29, 1.82) is 0 Å². The smallest absolute Gasteiger partial charge is 0.255 e. The lowest BCUT2D eigenvalue weighted by molar-refractivity contribution is 0.0849. The van der Waals surface area contributed by atoms with Crippen LogP contribution in [0.2, 0.25) is 5.02 Å². The summed E-state index contributed by atoms with van der Waals surface area (Å²) in [5.74, 6) is 0.209. The van der Waals surface area contributed by atoms with Gasteiger partial charge in [-0.15, -0.1) is 0 Å². The number of nitrogens with two attached hydrogens (primary N) is 1. The van der Waals surface area contributed by atoms with E-state index in [9.17, 15) is 4.79 Å². The van der Waals surface area contributed by atoms with Crippen LogP contribution in [-0.2, 0) is 5.54 Å². The van der Waals surface area contributed by atoms with Crippen molar-refractivity contribution in [2.45, 2.75) is 24.4 Å². The lowest BCUT2D eigenvalue weighted by Crippen LogP contribution is -2.54. The van der Waals surface area contributed by atoms with Crippen LogP contribution in [0.15, 0.2) is 103 Å². The van der Waals surface area contributed by atoms with Crippen LogP contribution in [0.25, 0.3) is 0 Å². The van der Waals surface area contributed by atoms with Gasteiger partial charge < -0.3 is 15.8 Å². The second-order valence-electron chi connectivity index (χ2n) is 9.62. The number of hydrogen-bond acceptors (Lipinski definition) is 4. The van der Waals surface area contributed by atoms with Crippen LogP contribution in [0.4, 0.5) is 5.69 Å². The Labute approximate surface area is 229 Å². The Morgan fingerprint density at radius 1 is 0.868 bits per heavy atom. The molecule has 1 amide bonds. The van der Waals surface area contributed by atoms with Crippen molar-refractivity contribution in [2.75, 3.05) is 25.9 Å². The Kier molecular flexibility index (Phi) is 7.68. The van der Waals surface area contributed by atoms with Crippen molar-refractivity contribution in [3.05, 3.63) is 130 Å². The highest BCUT2D eigenvalue weighted by Gasteiger charge is 2.43. The lowest BCUT2D eigenvalue weighted by atomic mass is 9.74. The van der Waals surface area contributed by atoms with Gasteiger partial charge in [-0.05, 0) is 35.6 Å². The van der Waals surface area contributed by atoms with Gasteiger partial charge in [-0.25, -0.2) is 0 Å². The van der Waals surface area contributed by atoms with Crippen molar-refractivity contribution in [3.63, 3.8) is 0 Å². The highest BCUT2D eigenvalue weighted by molar-refractivity contribution is 6.33. The number of anilines is 1. The predicted octanol–water partition coefficient (Wildman–Crippen LogP) is 6.12. The van der Waals surface area contributed by atoms with Gasteiger partial charge in [0.1, 0.15) is 5.75 Å². The molecule has 1 fully saturated rings. The van der Waals surface area contributed by atoms with Gasteiger partial charge in [0.15, 0.2) is 0 Å². The number of rotatable bonds is 7. The maximum Gasteiger partial charge on any atom is 0.255 e. The fraction of sp³-hybridized carbons (Fsp3) is 0.219. The number of likely N-dealkylation sites (tertiary alicyclic amines) is 1. The van der Waals surface area contributed by atoms with E-state index in [0.29, 0.717) is 22.0 Å². The van der Waals surface area contributed by atoms with Gasteiger partial charge in [-0.3, -0.25) is 9.69 Å². The highest BCUT2D eigenvalue weighted by atomic mass is 35.5. The van der Waals surface area contributed by atoms with E-state index in [2.05, 4.69) is 101 Å². The third-order valence-corrected chi connectivity index (χ3v) is 7.77. The number of nitrogen functional groups attached to an aromatic ring is 1. The van der Waals surface area contributed by atoms with Crippen LogP contribution in [0.3, 0.4) is 0 Å². The van der Waals surface area contributed by atoms with Gasteiger partial charge in [-0.1, -0.05) is 103 Å². The first-order valence-corrected chi connectivity index (χ1v) is 13.3. The number of piperidine rings is 1. The largest absolute Gasteiger partial charge is 0.496 e. The van der Waals surface area contributed by atoms with Crippen molar-refractivity contribution in [2.24, 2.45) is 0 Å². The summed E-state index contributed by atoms with van der Waals surface area (Å²) in [4.78, 5) is 15.7. The van der Waals surface area contributed by atoms with Crippen molar-refractivity contribution in [3.8, 4) is 5.75 Å². The molecule has 1 heterocycles. The first-order chi connectivity index (χ1) is 18.5. The molecule has 0 unspecified atom stereocenters. The van der Waals surface area contributed by atoms with Crippen LogP contribution in [-0.4, -0.2) is 37.0 Å². The summed E-state index contributed by atoms with van der Waals surface area (Å²) in [6.07, 6.45) is 1.62. The van der Waals surface area contributed by atoms with Crippen molar-refractivity contribution >= 4 is 23.2 Å². The zero-order chi connectivity index (χ0) is 26.5. The number of ether oxygens (including phenoxy) is 1. The fourth-order valence-corrected chi connectivity index (χ4v) is 5.79. The van der Waals surface area contributed by atoms with Crippen LogP contribution in [0, 0.1) is 0 Å². The number of carbonyl (C=O) groups is 1. The molecule has 5 rings (SSSR count). The molecule has 0 saturated carbocycles. The summed E-state index contributed by atoms with van der Waals surface area (Å²) >= 11 is 6.21. The highest BCUT2D eigenvalue weighted by Crippen LogP contribution is 2.43. The Morgan fingerprint density at radius 3 is 1.79 bits per heavy atom. The predicted molar refractivity (Wildman–Crippen MR) is 154 cm³/mol. The molecule has 1 aliphatic heterocycles. The number of amides is 1. The number of methoxy groups -OCH3 is 1. The first kappa shape index (κ1) is 25.8. The van der Waals surface area contributed by atoms with E-state index >= 15 is 0 Å². The quantitative estimate of drug-likeness (QED) is 0.225. The number of nitrogens with zero attached hydrogens (tertiary/aromatic N) is 1. The molecule has 194 valence electrons. The van der Waals surface area contributed by atoms with Gasteiger partial charge in [0, 0.05) is 25.2 Å². The maximum atomic E-state index is 13.2. The molecule has 0 atom stereocenters. The van der Waals surface area contributed by atoms with E-state index in [1.54, 1.807) is 12.1 Å². The molecule has 0 aliphatic carbocycles. The van der Waals surface area contributed by atoms with E-state index in [4.69, 9.17) is 22.1 Å². The molecule has 0 spiro atoms. The summed E-state index contributed by atoms with van der Waals surface area (Å²) in [5.41, 5.74) is 9.89. The van der Waals surface area contributed by atoms with Crippen LogP contribution in [0.5, 0.6) is 5.75 Å². The average molecular weight is 526 g/mol. The molecule has 6 heteroatoms. The molecule has 38 heavy (non-hydrogen) atoms. The minimum atomic E-state index is -0.452. The fourth-order valence-electron chi connectivity index (χ4n) is 5.62. The van der Waals surface area contributed by atoms with Gasteiger partial charge in [0.25, 0.3) is 5.91 Å². The summed E-state index contributed by atoms with van der Waals surface area (Å²) in [6.45, 7) is 1.62. The zero-order valence-corrected chi connectivity index (χ0v) is 22.2. The van der Waals surface area contributed by atoms with E-state index < -0.39 is 5.54 Å². The molecule has 1 saturated heterocycles. The van der Waals surface area contributed by atoms with E-state index in [-0.39, 0.29) is 11.9 Å². The molecule has 4 aromatic rings. The normalized spacial score (nSPS) is 14.7. The second-order valence-corrected chi connectivity index (χ2v) is 10.0. The number of halogens is 1. The minimum Gasteiger partial charge on any atom is -0.496 e. The summed E-state index contributed by atoms with van der Waals surface area (Å²) in [7, 11) is 1.52. The van der Waals surface area contributed by atoms with Gasteiger partial charge in [0.05, 0.1) is 28.9 Å². The lowest BCUT2D eigenvalue weighted by Gasteiger charge is -2.48. The molecule has 5 nitrogen and oxygen atoms in total. The molecule has 3 N–H and O–H groups in total. The van der Waals surface area contributed by atoms with Crippen molar-refractivity contribution < 1.29 is 9.53 Å². The Bertz CT molecular complexity index is 1280. The molecule has 0 bridgehead atoms. The van der Waals surface area contributed by atoms with Crippen LogP contribution >= 0.6 is 11.6 Å². The van der Waals surface area contributed by atoms with E-state index in [1.807, 2.05) is 0 Å². The summed E-state index contributed by atoms with van der Waals surface area (Å²) < 4.78 is 5.39. The Hall–Kier alpha value is -3.80. The molecular weight excluding hydrogens is 494 g/mol. The number of hydrogen-bond donors (Lipinski definition) is 2.